The van der Waals surface area contributed by atoms with Gasteiger partial charge >= 0.3 is 0 Å². The Labute approximate surface area is 212 Å². The molecule has 2 aliphatic rings. The van der Waals surface area contributed by atoms with E-state index in [1.54, 1.807) is 18.2 Å². The number of hydrogen-bond donors (Lipinski definition) is 0. The summed E-state index contributed by atoms with van der Waals surface area (Å²) in [6.07, 6.45) is 3.81. The van der Waals surface area contributed by atoms with Gasteiger partial charge in [-0.25, -0.2) is 9.40 Å². The number of halogens is 1. The second kappa shape index (κ2) is 11.0. The van der Waals surface area contributed by atoms with Crippen LogP contribution in [0.3, 0.4) is 0 Å². The van der Waals surface area contributed by atoms with Crippen LogP contribution in [0.2, 0.25) is 0 Å². The SMILES string of the molecule is COc1ccc(C2CC(c3cccc(F)c3)=NN2C(=O)CN2CCC(Cc3ccccc3)CC2)cc1. The van der Waals surface area contributed by atoms with Gasteiger partial charge in [-0.3, -0.25) is 9.69 Å². The molecule has 0 spiro atoms. The molecule has 5 rings (SSSR count). The van der Waals surface area contributed by atoms with Gasteiger partial charge in [0.05, 0.1) is 25.4 Å². The molecule has 0 bridgehead atoms. The first kappa shape index (κ1) is 24.2. The summed E-state index contributed by atoms with van der Waals surface area (Å²) >= 11 is 0. The summed E-state index contributed by atoms with van der Waals surface area (Å²) in [6, 6.07) is 24.6. The molecule has 2 heterocycles. The van der Waals surface area contributed by atoms with E-state index in [1.165, 1.54) is 17.7 Å². The molecule has 0 aromatic heterocycles. The van der Waals surface area contributed by atoms with E-state index in [2.05, 4.69) is 35.2 Å². The van der Waals surface area contributed by atoms with Crippen molar-refractivity contribution in [3.63, 3.8) is 0 Å². The van der Waals surface area contributed by atoms with E-state index in [-0.39, 0.29) is 17.8 Å². The molecule has 0 N–H and O–H groups in total. The van der Waals surface area contributed by atoms with Gasteiger partial charge in [0, 0.05) is 12.0 Å². The number of hydrazone groups is 1. The van der Waals surface area contributed by atoms with Gasteiger partial charge in [0.1, 0.15) is 11.6 Å². The largest absolute Gasteiger partial charge is 0.497 e. The summed E-state index contributed by atoms with van der Waals surface area (Å²) in [5.74, 6) is 1.08. The summed E-state index contributed by atoms with van der Waals surface area (Å²) < 4.78 is 19.2. The summed E-state index contributed by atoms with van der Waals surface area (Å²) in [6.45, 7) is 2.15. The molecule has 0 aliphatic carbocycles. The highest BCUT2D eigenvalue weighted by Gasteiger charge is 2.34. The van der Waals surface area contributed by atoms with Crippen molar-refractivity contribution in [1.82, 2.24) is 9.91 Å². The third-order valence-corrected chi connectivity index (χ3v) is 7.26. The van der Waals surface area contributed by atoms with Crippen LogP contribution in [-0.4, -0.2) is 48.3 Å². The fourth-order valence-corrected chi connectivity index (χ4v) is 5.23. The number of carbonyl (C=O) groups excluding carboxylic acids is 1. The summed E-state index contributed by atoms with van der Waals surface area (Å²) in [5.41, 5.74) is 3.81. The minimum absolute atomic E-state index is 0.0243. The lowest BCUT2D eigenvalue weighted by Crippen LogP contribution is -2.42. The van der Waals surface area contributed by atoms with Crippen LogP contribution in [0.5, 0.6) is 5.75 Å². The van der Waals surface area contributed by atoms with E-state index >= 15 is 0 Å². The Hall–Kier alpha value is -3.51. The molecular formula is C30H32FN3O2. The zero-order valence-corrected chi connectivity index (χ0v) is 20.6. The number of nitrogens with zero attached hydrogens (tertiary/aromatic N) is 3. The molecule has 6 heteroatoms. The minimum atomic E-state index is -0.306. The minimum Gasteiger partial charge on any atom is -0.497 e. The van der Waals surface area contributed by atoms with Crippen LogP contribution >= 0.6 is 0 Å². The highest BCUT2D eigenvalue weighted by Crippen LogP contribution is 2.34. The molecule has 1 fully saturated rings. The molecule has 3 aromatic rings. The second-order valence-electron chi connectivity index (χ2n) is 9.70. The lowest BCUT2D eigenvalue weighted by Gasteiger charge is -2.33. The molecule has 0 radical (unpaired) electrons. The monoisotopic (exact) mass is 485 g/mol. The normalized spacial score (nSPS) is 18.8. The molecule has 186 valence electrons. The number of hydrogen-bond acceptors (Lipinski definition) is 4. The average Bonchev–Trinajstić information content (AvgIpc) is 3.36. The van der Waals surface area contributed by atoms with Crippen LogP contribution in [0.15, 0.2) is 84.0 Å². The van der Waals surface area contributed by atoms with Crippen molar-refractivity contribution in [1.29, 1.82) is 0 Å². The summed E-state index contributed by atoms with van der Waals surface area (Å²) in [7, 11) is 1.63. The Kier molecular flexibility index (Phi) is 7.42. The quantitative estimate of drug-likeness (QED) is 0.446. The smallest absolute Gasteiger partial charge is 0.257 e. The molecule has 1 saturated heterocycles. The first-order chi connectivity index (χ1) is 17.6. The topological polar surface area (TPSA) is 45.1 Å². The van der Waals surface area contributed by atoms with Gasteiger partial charge in [-0.1, -0.05) is 54.6 Å². The van der Waals surface area contributed by atoms with E-state index in [0.29, 0.717) is 24.4 Å². The van der Waals surface area contributed by atoms with Gasteiger partial charge in [-0.2, -0.15) is 5.10 Å². The molecule has 3 aromatic carbocycles. The van der Waals surface area contributed by atoms with E-state index < -0.39 is 0 Å². The lowest BCUT2D eigenvalue weighted by molar-refractivity contribution is -0.134. The van der Waals surface area contributed by atoms with Crippen LogP contribution in [0.4, 0.5) is 4.39 Å². The Balaban J connectivity index is 1.27. The standard InChI is InChI=1S/C30H32FN3O2/c1-36-27-12-10-24(11-13-27)29-20-28(25-8-5-9-26(31)19-25)32-34(29)30(35)21-33-16-14-23(15-17-33)18-22-6-3-2-4-7-22/h2-13,19,23,29H,14-18,20-21H2,1H3. The number of benzene rings is 3. The molecule has 1 atom stereocenters. The lowest BCUT2D eigenvalue weighted by atomic mass is 9.90. The van der Waals surface area contributed by atoms with Crippen LogP contribution in [0.1, 0.15) is 42.0 Å². The number of amides is 1. The number of piperidine rings is 1. The maximum Gasteiger partial charge on any atom is 0.257 e. The van der Waals surface area contributed by atoms with E-state index in [1.807, 2.05) is 30.3 Å². The van der Waals surface area contributed by atoms with Gasteiger partial charge < -0.3 is 4.74 Å². The fraction of sp³-hybridized carbons (Fsp3) is 0.333. The van der Waals surface area contributed by atoms with Gasteiger partial charge in [-0.05, 0) is 73.7 Å². The predicted molar refractivity (Wildman–Crippen MR) is 139 cm³/mol. The number of ether oxygens (including phenoxy) is 1. The van der Waals surface area contributed by atoms with E-state index in [4.69, 9.17) is 9.84 Å². The second-order valence-corrected chi connectivity index (χ2v) is 9.70. The van der Waals surface area contributed by atoms with Crippen molar-refractivity contribution in [2.45, 2.75) is 31.7 Å². The van der Waals surface area contributed by atoms with Crippen molar-refractivity contribution in [2.75, 3.05) is 26.7 Å². The van der Waals surface area contributed by atoms with Crippen molar-refractivity contribution >= 4 is 11.6 Å². The van der Waals surface area contributed by atoms with Gasteiger partial charge in [-0.15, -0.1) is 0 Å². The number of methoxy groups -OCH3 is 1. The maximum atomic E-state index is 13.9. The first-order valence-electron chi connectivity index (χ1n) is 12.6. The third kappa shape index (κ3) is 5.65. The van der Waals surface area contributed by atoms with E-state index in [0.717, 1.165) is 49.4 Å². The average molecular weight is 486 g/mol. The van der Waals surface area contributed by atoms with E-state index in [9.17, 15) is 9.18 Å². The van der Waals surface area contributed by atoms with Gasteiger partial charge in [0.2, 0.25) is 0 Å². The van der Waals surface area contributed by atoms with Crippen molar-refractivity contribution in [3.8, 4) is 5.75 Å². The molecule has 0 saturated carbocycles. The molecule has 1 amide bonds. The molecule has 2 aliphatic heterocycles. The summed E-state index contributed by atoms with van der Waals surface area (Å²) in [4.78, 5) is 15.8. The molecule has 36 heavy (non-hydrogen) atoms. The highest BCUT2D eigenvalue weighted by atomic mass is 19.1. The Bertz CT molecular complexity index is 1200. The van der Waals surface area contributed by atoms with Crippen LogP contribution in [0.25, 0.3) is 0 Å². The highest BCUT2D eigenvalue weighted by molar-refractivity contribution is 6.03. The van der Waals surface area contributed by atoms with Crippen molar-refractivity contribution in [2.24, 2.45) is 11.0 Å². The van der Waals surface area contributed by atoms with Gasteiger partial charge in [0.15, 0.2) is 0 Å². The van der Waals surface area contributed by atoms with Gasteiger partial charge in [0.25, 0.3) is 5.91 Å². The van der Waals surface area contributed by atoms with Crippen LogP contribution in [-0.2, 0) is 11.2 Å². The zero-order valence-electron chi connectivity index (χ0n) is 20.6. The number of likely N-dealkylation sites (tertiary alicyclic amines) is 1. The van der Waals surface area contributed by atoms with Crippen molar-refractivity contribution in [3.05, 3.63) is 101 Å². The van der Waals surface area contributed by atoms with Crippen LogP contribution in [0, 0.1) is 11.7 Å². The Morgan fingerprint density at radius 2 is 1.75 bits per heavy atom. The first-order valence-corrected chi connectivity index (χ1v) is 12.6. The zero-order chi connectivity index (χ0) is 24.9. The van der Waals surface area contributed by atoms with Crippen LogP contribution < -0.4 is 4.74 Å². The molecule has 1 unspecified atom stereocenters. The summed E-state index contributed by atoms with van der Waals surface area (Å²) in [5, 5.41) is 6.32. The fourth-order valence-electron chi connectivity index (χ4n) is 5.23. The number of carbonyl (C=O) groups is 1. The molecular weight excluding hydrogens is 453 g/mol. The predicted octanol–water partition coefficient (Wildman–Crippen LogP) is 5.47. The molecule has 5 nitrogen and oxygen atoms in total. The van der Waals surface area contributed by atoms with Crippen molar-refractivity contribution < 1.29 is 13.9 Å². The third-order valence-electron chi connectivity index (χ3n) is 7.26. The Morgan fingerprint density at radius 1 is 1.00 bits per heavy atom. The number of rotatable bonds is 7. The Morgan fingerprint density at radius 3 is 2.44 bits per heavy atom. The maximum absolute atomic E-state index is 13.9.